The zero-order valence-corrected chi connectivity index (χ0v) is 11.2. The predicted octanol–water partition coefficient (Wildman–Crippen LogP) is 2.07. The molecule has 0 fully saturated rings. The summed E-state index contributed by atoms with van der Waals surface area (Å²) in [5.41, 5.74) is 1.76. The lowest BCUT2D eigenvalue weighted by atomic mass is 10.1. The maximum Gasteiger partial charge on any atom is 0.328 e. The molecule has 0 bridgehead atoms. The van der Waals surface area contributed by atoms with E-state index < -0.39 is 12.0 Å². The van der Waals surface area contributed by atoms with Crippen molar-refractivity contribution in [2.75, 3.05) is 11.9 Å². The number of benzene rings is 1. The third kappa shape index (κ3) is 5.42. The highest BCUT2D eigenvalue weighted by atomic mass is 16.5. The van der Waals surface area contributed by atoms with Gasteiger partial charge in [-0.15, -0.1) is 0 Å². The van der Waals surface area contributed by atoms with Crippen LogP contribution in [0.15, 0.2) is 24.3 Å². The molecular weight excluding hydrogens is 246 g/mol. The molecule has 0 radical (unpaired) electrons. The summed E-state index contributed by atoms with van der Waals surface area (Å²) in [6, 6.07) is 6.94. The summed E-state index contributed by atoms with van der Waals surface area (Å²) >= 11 is 0. The van der Waals surface area contributed by atoms with Crippen LogP contribution >= 0.6 is 0 Å². The van der Waals surface area contributed by atoms with Gasteiger partial charge in [0.15, 0.2) is 0 Å². The number of anilines is 1. The second-order valence-electron chi connectivity index (χ2n) is 4.21. The minimum absolute atomic E-state index is 0.117. The molecule has 5 nitrogen and oxygen atoms in total. The largest absolute Gasteiger partial charge is 0.481 e. The van der Waals surface area contributed by atoms with Crippen molar-refractivity contribution in [2.45, 2.75) is 32.7 Å². The Morgan fingerprint density at radius 2 is 1.95 bits per heavy atom. The van der Waals surface area contributed by atoms with Gasteiger partial charge in [-0.1, -0.05) is 12.1 Å². The Morgan fingerprint density at radius 1 is 1.32 bits per heavy atom. The van der Waals surface area contributed by atoms with E-state index in [0.717, 1.165) is 11.3 Å². The lowest BCUT2D eigenvalue weighted by molar-refractivity contribution is -0.143. The molecule has 1 aromatic rings. The molecule has 0 aliphatic rings. The Bertz CT molecular complexity index is 428. The normalized spacial score (nSPS) is 11.7. The fourth-order valence-electron chi connectivity index (χ4n) is 1.60. The SMILES string of the molecule is CCOC(=O)C(C)Nc1ccc(CCC(=O)O)cc1. The molecule has 104 valence electrons. The van der Waals surface area contributed by atoms with Gasteiger partial charge >= 0.3 is 11.9 Å². The molecule has 0 heterocycles. The van der Waals surface area contributed by atoms with Crippen LogP contribution < -0.4 is 5.32 Å². The van der Waals surface area contributed by atoms with Crippen LogP contribution in [0.2, 0.25) is 0 Å². The van der Waals surface area contributed by atoms with Gasteiger partial charge in [0.2, 0.25) is 0 Å². The molecule has 2 N–H and O–H groups in total. The molecule has 0 saturated carbocycles. The van der Waals surface area contributed by atoms with E-state index in [-0.39, 0.29) is 12.4 Å². The Morgan fingerprint density at radius 3 is 2.47 bits per heavy atom. The van der Waals surface area contributed by atoms with E-state index in [2.05, 4.69) is 5.32 Å². The fourth-order valence-corrected chi connectivity index (χ4v) is 1.60. The van der Waals surface area contributed by atoms with Crippen LogP contribution in [0.3, 0.4) is 0 Å². The zero-order chi connectivity index (χ0) is 14.3. The van der Waals surface area contributed by atoms with Crippen LogP contribution in [-0.2, 0) is 20.7 Å². The van der Waals surface area contributed by atoms with E-state index in [1.165, 1.54) is 0 Å². The number of carbonyl (C=O) groups is 2. The van der Waals surface area contributed by atoms with E-state index in [1.54, 1.807) is 13.8 Å². The molecule has 5 heteroatoms. The number of esters is 1. The highest BCUT2D eigenvalue weighted by Crippen LogP contribution is 2.12. The number of aliphatic carboxylic acids is 1. The van der Waals surface area contributed by atoms with Crippen LogP contribution in [0.1, 0.15) is 25.8 Å². The molecule has 1 rings (SSSR count). The molecule has 0 saturated heterocycles. The van der Waals surface area contributed by atoms with E-state index in [0.29, 0.717) is 13.0 Å². The van der Waals surface area contributed by atoms with Crippen molar-refractivity contribution in [3.05, 3.63) is 29.8 Å². The average molecular weight is 265 g/mol. The van der Waals surface area contributed by atoms with Gasteiger partial charge in [0, 0.05) is 12.1 Å². The van der Waals surface area contributed by atoms with Crippen LogP contribution in [-0.4, -0.2) is 29.7 Å². The van der Waals surface area contributed by atoms with E-state index >= 15 is 0 Å². The van der Waals surface area contributed by atoms with E-state index in [4.69, 9.17) is 9.84 Å². The molecule has 19 heavy (non-hydrogen) atoms. The highest BCUT2D eigenvalue weighted by molar-refractivity contribution is 5.78. The van der Waals surface area contributed by atoms with Crippen molar-refractivity contribution >= 4 is 17.6 Å². The number of carbonyl (C=O) groups excluding carboxylic acids is 1. The Labute approximate surface area is 112 Å². The van der Waals surface area contributed by atoms with E-state index in [1.807, 2.05) is 24.3 Å². The van der Waals surface area contributed by atoms with Gasteiger partial charge in [0.05, 0.1) is 6.61 Å². The number of hydrogen-bond acceptors (Lipinski definition) is 4. The van der Waals surface area contributed by atoms with Crippen molar-refractivity contribution in [3.8, 4) is 0 Å². The number of rotatable bonds is 7. The number of aryl methyl sites for hydroxylation is 1. The maximum absolute atomic E-state index is 11.4. The smallest absolute Gasteiger partial charge is 0.328 e. The summed E-state index contributed by atoms with van der Waals surface area (Å²) in [6.45, 7) is 3.86. The van der Waals surface area contributed by atoms with Crippen molar-refractivity contribution in [2.24, 2.45) is 0 Å². The first-order valence-corrected chi connectivity index (χ1v) is 6.26. The van der Waals surface area contributed by atoms with Gasteiger partial charge in [0.1, 0.15) is 6.04 Å². The first kappa shape index (κ1) is 15.0. The summed E-state index contributed by atoms with van der Waals surface area (Å²) in [4.78, 5) is 21.9. The van der Waals surface area contributed by atoms with Gasteiger partial charge in [-0.2, -0.15) is 0 Å². The number of carboxylic acid groups (broad SMARTS) is 1. The first-order valence-electron chi connectivity index (χ1n) is 6.26. The lowest BCUT2D eigenvalue weighted by Gasteiger charge is -2.14. The number of nitrogens with one attached hydrogen (secondary N) is 1. The average Bonchev–Trinajstić information content (AvgIpc) is 2.38. The van der Waals surface area contributed by atoms with Crippen LogP contribution in [0.25, 0.3) is 0 Å². The molecule has 0 aromatic heterocycles. The molecule has 0 amide bonds. The summed E-state index contributed by atoms with van der Waals surface area (Å²) in [5.74, 6) is -1.10. The summed E-state index contributed by atoms with van der Waals surface area (Å²) in [7, 11) is 0. The van der Waals surface area contributed by atoms with Gasteiger partial charge in [-0.25, -0.2) is 4.79 Å². The molecule has 0 aliphatic heterocycles. The second-order valence-corrected chi connectivity index (χ2v) is 4.21. The third-order valence-corrected chi connectivity index (χ3v) is 2.60. The highest BCUT2D eigenvalue weighted by Gasteiger charge is 2.13. The van der Waals surface area contributed by atoms with Gasteiger partial charge < -0.3 is 15.2 Å². The van der Waals surface area contributed by atoms with Crippen LogP contribution in [0, 0.1) is 0 Å². The summed E-state index contributed by atoms with van der Waals surface area (Å²) < 4.78 is 4.90. The molecule has 1 unspecified atom stereocenters. The molecule has 1 aromatic carbocycles. The third-order valence-electron chi connectivity index (χ3n) is 2.60. The van der Waals surface area contributed by atoms with Crippen molar-refractivity contribution < 1.29 is 19.4 Å². The van der Waals surface area contributed by atoms with E-state index in [9.17, 15) is 9.59 Å². The first-order chi connectivity index (χ1) is 9.02. The fraction of sp³-hybridized carbons (Fsp3) is 0.429. The minimum Gasteiger partial charge on any atom is -0.481 e. The molecular formula is C14H19NO4. The van der Waals surface area contributed by atoms with Gasteiger partial charge in [-0.3, -0.25) is 4.79 Å². The minimum atomic E-state index is -0.807. The predicted molar refractivity (Wildman–Crippen MR) is 72.1 cm³/mol. The van der Waals surface area contributed by atoms with Crippen LogP contribution in [0.4, 0.5) is 5.69 Å². The monoisotopic (exact) mass is 265 g/mol. The van der Waals surface area contributed by atoms with Crippen molar-refractivity contribution in [1.82, 2.24) is 0 Å². The van der Waals surface area contributed by atoms with Crippen molar-refractivity contribution in [1.29, 1.82) is 0 Å². The second kappa shape index (κ2) is 7.41. The molecule has 1 atom stereocenters. The van der Waals surface area contributed by atoms with Crippen molar-refractivity contribution in [3.63, 3.8) is 0 Å². The topological polar surface area (TPSA) is 75.6 Å². The number of carboxylic acids is 1. The Hall–Kier alpha value is -2.04. The zero-order valence-electron chi connectivity index (χ0n) is 11.2. The lowest BCUT2D eigenvalue weighted by Crippen LogP contribution is -2.28. The quantitative estimate of drug-likeness (QED) is 0.738. The van der Waals surface area contributed by atoms with Gasteiger partial charge in [-0.05, 0) is 38.0 Å². The van der Waals surface area contributed by atoms with Gasteiger partial charge in [0.25, 0.3) is 0 Å². The molecule has 0 aliphatic carbocycles. The standard InChI is InChI=1S/C14H19NO4/c1-3-19-14(18)10(2)15-12-7-4-11(5-8-12)6-9-13(16)17/h4-5,7-8,10,15H,3,6,9H2,1-2H3,(H,16,17). The maximum atomic E-state index is 11.4. The van der Waals surface area contributed by atoms with Crippen LogP contribution in [0.5, 0.6) is 0 Å². The molecule has 0 spiro atoms. The Kier molecular flexibility index (Phi) is 5.85. The summed E-state index contributed by atoms with van der Waals surface area (Å²) in [6.07, 6.45) is 0.620. The summed E-state index contributed by atoms with van der Waals surface area (Å²) in [5, 5.41) is 11.6. The Balaban J connectivity index is 2.52. The number of ether oxygens (including phenoxy) is 1. The number of hydrogen-bond donors (Lipinski definition) is 2.